The van der Waals surface area contributed by atoms with Crippen LogP contribution in [-0.4, -0.2) is 6.73 Å². The van der Waals surface area contributed by atoms with Crippen LogP contribution in [0.15, 0.2) is 12.5 Å². The van der Waals surface area contributed by atoms with Crippen molar-refractivity contribution in [2.24, 2.45) is 0 Å². The van der Waals surface area contributed by atoms with Crippen molar-refractivity contribution in [2.75, 3.05) is 6.73 Å². The van der Waals surface area contributed by atoms with Crippen molar-refractivity contribution >= 4 is 0 Å². The Labute approximate surface area is 35.5 Å². The van der Waals surface area contributed by atoms with Gasteiger partial charge in [0, 0.05) is 6.20 Å². The molecule has 0 atom stereocenters. The average molecular weight is 87.1 g/mol. The standard InChI is InChI=1S/C3H5NO2/c1-2-5-6-3-4-1/h1-2,4H,3H2. The lowest BCUT2D eigenvalue weighted by Gasteiger charge is -2.03. The Kier molecular flexibility index (Phi) is 0.969. The summed E-state index contributed by atoms with van der Waals surface area (Å²) < 4.78 is 0. The summed E-state index contributed by atoms with van der Waals surface area (Å²) in [5.74, 6) is 0. The molecule has 0 bridgehead atoms. The second kappa shape index (κ2) is 1.67. The van der Waals surface area contributed by atoms with Crippen molar-refractivity contribution in [3.63, 3.8) is 0 Å². The molecule has 1 rings (SSSR count). The number of rotatable bonds is 0. The highest BCUT2D eigenvalue weighted by molar-refractivity contribution is 4.68. The number of hydrogen-bond acceptors (Lipinski definition) is 3. The van der Waals surface area contributed by atoms with E-state index in [-0.39, 0.29) is 0 Å². The molecule has 0 saturated heterocycles. The average Bonchev–Trinajstić information content (AvgIpc) is 1.72. The highest BCUT2D eigenvalue weighted by Crippen LogP contribution is 1.81. The molecule has 0 aliphatic carbocycles. The Morgan fingerprint density at radius 3 is 2.83 bits per heavy atom. The number of hydrogen-bond donors (Lipinski definition) is 1. The third-order valence-electron chi connectivity index (χ3n) is 0.452. The molecule has 3 heteroatoms. The molecule has 6 heavy (non-hydrogen) atoms. The third-order valence-corrected chi connectivity index (χ3v) is 0.452. The van der Waals surface area contributed by atoms with Crippen LogP contribution >= 0.6 is 0 Å². The van der Waals surface area contributed by atoms with E-state index in [2.05, 4.69) is 15.1 Å². The predicted molar refractivity (Wildman–Crippen MR) is 19.3 cm³/mol. The monoisotopic (exact) mass is 87.0 g/mol. The molecule has 0 aromatic carbocycles. The number of nitrogens with one attached hydrogen (secondary N) is 1. The van der Waals surface area contributed by atoms with Crippen LogP contribution in [0.5, 0.6) is 0 Å². The Bertz CT molecular complexity index is 53.8. The minimum absolute atomic E-state index is 0.441. The van der Waals surface area contributed by atoms with Gasteiger partial charge in [-0.25, -0.2) is 0 Å². The highest BCUT2D eigenvalue weighted by Gasteiger charge is 1.83. The smallest absolute Gasteiger partial charge is 0.163 e. The minimum atomic E-state index is 0.441. The molecule has 34 valence electrons. The Morgan fingerprint density at radius 1 is 1.67 bits per heavy atom. The molecule has 0 saturated carbocycles. The van der Waals surface area contributed by atoms with Gasteiger partial charge in [0.05, 0.1) is 0 Å². The molecular weight excluding hydrogens is 82.0 g/mol. The summed E-state index contributed by atoms with van der Waals surface area (Å²) in [6.45, 7) is 0.441. The van der Waals surface area contributed by atoms with Crippen LogP contribution in [0.1, 0.15) is 0 Å². The molecule has 0 unspecified atom stereocenters. The second-order valence-electron chi connectivity index (χ2n) is 0.865. The van der Waals surface area contributed by atoms with Crippen molar-refractivity contribution in [3.8, 4) is 0 Å². The van der Waals surface area contributed by atoms with Crippen molar-refractivity contribution < 1.29 is 9.78 Å². The fourth-order valence-corrected chi connectivity index (χ4v) is 0.231. The fourth-order valence-electron chi connectivity index (χ4n) is 0.231. The maximum atomic E-state index is 4.37. The molecule has 0 aromatic rings. The van der Waals surface area contributed by atoms with E-state index < -0.39 is 0 Å². The summed E-state index contributed by atoms with van der Waals surface area (Å²) >= 11 is 0. The van der Waals surface area contributed by atoms with E-state index in [9.17, 15) is 0 Å². The van der Waals surface area contributed by atoms with Crippen molar-refractivity contribution in [3.05, 3.63) is 12.5 Å². The molecular formula is C3H5NO2. The van der Waals surface area contributed by atoms with Crippen molar-refractivity contribution in [1.82, 2.24) is 5.32 Å². The molecule has 0 aromatic heterocycles. The van der Waals surface area contributed by atoms with E-state index >= 15 is 0 Å². The van der Waals surface area contributed by atoms with Crippen LogP contribution in [-0.2, 0) is 9.78 Å². The zero-order valence-corrected chi connectivity index (χ0v) is 3.18. The summed E-state index contributed by atoms with van der Waals surface area (Å²) in [7, 11) is 0. The van der Waals surface area contributed by atoms with E-state index in [1.165, 1.54) is 6.26 Å². The minimum Gasteiger partial charge on any atom is -0.363 e. The third kappa shape index (κ3) is 0.621. The van der Waals surface area contributed by atoms with Gasteiger partial charge in [0.15, 0.2) is 6.73 Å². The Balaban J connectivity index is 2.26. The normalized spacial score (nSPS) is 18.7. The predicted octanol–water partition coefficient (Wildman–Crippen LogP) is -0.0335. The largest absolute Gasteiger partial charge is 0.363 e. The van der Waals surface area contributed by atoms with E-state index in [4.69, 9.17) is 0 Å². The maximum Gasteiger partial charge on any atom is 0.163 e. The van der Waals surface area contributed by atoms with Gasteiger partial charge in [-0.15, -0.1) is 0 Å². The second-order valence-corrected chi connectivity index (χ2v) is 0.865. The van der Waals surface area contributed by atoms with Gasteiger partial charge in [-0.3, -0.25) is 0 Å². The first-order chi connectivity index (χ1) is 3.00. The topological polar surface area (TPSA) is 30.5 Å². The van der Waals surface area contributed by atoms with Gasteiger partial charge in [-0.2, -0.15) is 4.89 Å². The van der Waals surface area contributed by atoms with E-state index in [1.54, 1.807) is 6.20 Å². The van der Waals surface area contributed by atoms with Crippen LogP contribution in [0, 0.1) is 0 Å². The zero-order chi connectivity index (χ0) is 4.24. The molecule has 0 amide bonds. The fraction of sp³-hybridized carbons (Fsp3) is 0.333. The van der Waals surface area contributed by atoms with Crippen LogP contribution < -0.4 is 5.32 Å². The van der Waals surface area contributed by atoms with Crippen molar-refractivity contribution in [2.45, 2.75) is 0 Å². The molecule has 0 radical (unpaired) electrons. The lowest BCUT2D eigenvalue weighted by atomic mass is 10.9. The van der Waals surface area contributed by atoms with E-state index in [1.807, 2.05) is 0 Å². The quantitative estimate of drug-likeness (QED) is 0.421. The highest BCUT2D eigenvalue weighted by atomic mass is 17.2. The van der Waals surface area contributed by atoms with Crippen LogP contribution in [0.2, 0.25) is 0 Å². The van der Waals surface area contributed by atoms with Gasteiger partial charge >= 0.3 is 0 Å². The van der Waals surface area contributed by atoms with Crippen LogP contribution in [0.3, 0.4) is 0 Å². The van der Waals surface area contributed by atoms with Crippen LogP contribution in [0.4, 0.5) is 0 Å². The van der Waals surface area contributed by atoms with Gasteiger partial charge in [0.25, 0.3) is 0 Å². The first-order valence-electron chi connectivity index (χ1n) is 1.67. The Hall–Kier alpha value is -0.700. The summed E-state index contributed by atoms with van der Waals surface area (Å²) in [6, 6.07) is 0. The summed E-state index contributed by atoms with van der Waals surface area (Å²) in [6.07, 6.45) is 3.10. The molecule has 1 aliphatic heterocycles. The first-order valence-corrected chi connectivity index (χ1v) is 1.67. The first kappa shape index (κ1) is 3.49. The summed E-state index contributed by atoms with van der Waals surface area (Å²) in [4.78, 5) is 8.70. The zero-order valence-electron chi connectivity index (χ0n) is 3.18. The van der Waals surface area contributed by atoms with Crippen molar-refractivity contribution in [1.29, 1.82) is 0 Å². The van der Waals surface area contributed by atoms with Gasteiger partial charge in [-0.1, -0.05) is 0 Å². The van der Waals surface area contributed by atoms with E-state index in [0.29, 0.717) is 6.73 Å². The summed E-state index contributed by atoms with van der Waals surface area (Å²) in [5.41, 5.74) is 0. The van der Waals surface area contributed by atoms with Gasteiger partial charge in [0.1, 0.15) is 6.26 Å². The van der Waals surface area contributed by atoms with Gasteiger partial charge < -0.3 is 10.2 Å². The van der Waals surface area contributed by atoms with Gasteiger partial charge in [0.2, 0.25) is 0 Å². The molecule has 3 nitrogen and oxygen atoms in total. The molecule has 1 heterocycles. The molecule has 0 fully saturated rings. The molecule has 0 spiro atoms. The summed E-state index contributed by atoms with van der Waals surface area (Å²) in [5, 5.41) is 2.76. The van der Waals surface area contributed by atoms with E-state index in [0.717, 1.165) is 0 Å². The maximum absolute atomic E-state index is 4.37. The van der Waals surface area contributed by atoms with Gasteiger partial charge in [-0.05, 0) is 0 Å². The van der Waals surface area contributed by atoms with Crippen LogP contribution in [0.25, 0.3) is 0 Å². The Morgan fingerprint density at radius 2 is 2.67 bits per heavy atom. The molecule has 1 aliphatic rings. The lowest BCUT2D eigenvalue weighted by molar-refractivity contribution is -0.260. The SMILES string of the molecule is C1=COOCN1. The lowest BCUT2D eigenvalue weighted by Crippen LogP contribution is -2.13. The molecule has 1 N–H and O–H groups in total.